The van der Waals surface area contributed by atoms with E-state index in [9.17, 15) is 0 Å². The predicted molar refractivity (Wildman–Crippen MR) is 72.4 cm³/mol. The van der Waals surface area contributed by atoms with Crippen LogP contribution in [0.2, 0.25) is 0 Å². The lowest BCUT2D eigenvalue weighted by atomic mass is 10.1. The van der Waals surface area contributed by atoms with Crippen molar-refractivity contribution in [2.24, 2.45) is 0 Å². The van der Waals surface area contributed by atoms with Gasteiger partial charge in [-0.05, 0) is 44.9 Å². The molecule has 2 atom stereocenters. The summed E-state index contributed by atoms with van der Waals surface area (Å²) < 4.78 is 0. The number of pyridine rings is 1. The van der Waals surface area contributed by atoms with Gasteiger partial charge in [0.1, 0.15) is 5.82 Å². The van der Waals surface area contributed by atoms with Gasteiger partial charge in [0.25, 0.3) is 0 Å². The predicted octanol–water partition coefficient (Wildman–Crippen LogP) is 2.74. The van der Waals surface area contributed by atoms with Crippen LogP contribution in [0.15, 0.2) is 18.3 Å². The van der Waals surface area contributed by atoms with Crippen molar-refractivity contribution in [3.8, 4) is 0 Å². The van der Waals surface area contributed by atoms with E-state index in [0.717, 1.165) is 12.4 Å². The van der Waals surface area contributed by atoms with Crippen molar-refractivity contribution in [1.29, 1.82) is 0 Å². The Hall–Kier alpha value is -1.09. The van der Waals surface area contributed by atoms with Gasteiger partial charge >= 0.3 is 0 Å². The molecule has 0 aliphatic carbocycles. The molecular weight excluding hydrogens is 210 g/mol. The smallest absolute Gasteiger partial charge is 0.128 e. The Balaban J connectivity index is 2.12. The van der Waals surface area contributed by atoms with Gasteiger partial charge in [-0.3, -0.25) is 0 Å². The molecule has 3 heteroatoms. The van der Waals surface area contributed by atoms with Gasteiger partial charge in [-0.1, -0.05) is 13.0 Å². The Labute approximate surface area is 104 Å². The molecule has 2 heterocycles. The molecule has 2 rings (SSSR count). The van der Waals surface area contributed by atoms with Gasteiger partial charge in [-0.2, -0.15) is 0 Å². The number of anilines is 1. The Morgan fingerprint density at radius 1 is 1.53 bits per heavy atom. The van der Waals surface area contributed by atoms with E-state index in [2.05, 4.69) is 41.2 Å². The summed E-state index contributed by atoms with van der Waals surface area (Å²) in [5, 5.41) is 3.24. The minimum Gasteiger partial charge on any atom is -0.354 e. The van der Waals surface area contributed by atoms with E-state index < -0.39 is 0 Å². The van der Waals surface area contributed by atoms with E-state index in [4.69, 9.17) is 0 Å². The Morgan fingerprint density at radius 3 is 2.94 bits per heavy atom. The van der Waals surface area contributed by atoms with E-state index in [1.165, 1.54) is 24.8 Å². The maximum absolute atomic E-state index is 4.61. The van der Waals surface area contributed by atoms with Gasteiger partial charge in [-0.25, -0.2) is 4.98 Å². The first-order valence-electron chi connectivity index (χ1n) is 6.66. The van der Waals surface area contributed by atoms with Crippen molar-refractivity contribution in [2.45, 2.75) is 45.2 Å². The van der Waals surface area contributed by atoms with Crippen LogP contribution in [0, 0.1) is 0 Å². The zero-order valence-electron chi connectivity index (χ0n) is 11.1. The number of nitrogens with one attached hydrogen (secondary N) is 1. The molecule has 0 radical (unpaired) electrons. The Morgan fingerprint density at radius 2 is 2.35 bits per heavy atom. The standard InChI is InChI=1S/C14H23N3/c1-4-13-6-5-9-17(13)14-8-7-12(10-16-14)11(2)15-3/h7-8,10-11,13,15H,4-6,9H2,1-3H3. The second-order valence-corrected chi connectivity index (χ2v) is 4.86. The molecule has 1 aromatic rings. The number of hydrogen-bond donors (Lipinski definition) is 1. The minimum absolute atomic E-state index is 0.372. The van der Waals surface area contributed by atoms with Crippen LogP contribution in [0.1, 0.15) is 44.7 Å². The number of hydrogen-bond acceptors (Lipinski definition) is 3. The molecule has 94 valence electrons. The summed E-state index contributed by atoms with van der Waals surface area (Å²) >= 11 is 0. The van der Waals surface area contributed by atoms with Crippen LogP contribution in [0.5, 0.6) is 0 Å². The van der Waals surface area contributed by atoms with Gasteiger partial charge in [-0.15, -0.1) is 0 Å². The zero-order valence-corrected chi connectivity index (χ0v) is 11.1. The summed E-state index contributed by atoms with van der Waals surface area (Å²) in [6, 6.07) is 5.42. The molecule has 1 saturated heterocycles. The molecule has 3 nitrogen and oxygen atoms in total. The van der Waals surface area contributed by atoms with Gasteiger partial charge in [0.05, 0.1) is 0 Å². The molecule has 1 aliphatic heterocycles. The molecule has 1 aliphatic rings. The molecule has 0 saturated carbocycles. The van der Waals surface area contributed by atoms with E-state index in [0.29, 0.717) is 12.1 Å². The highest BCUT2D eigenvalue weighted by Gasteiger charge is 2.23. The summed E-state index contributed by atoms with van der Waals surface area (Å²) in [5.74, 6) is 1.14. The molecule has 0 aromatic carbocycles. The van der Waals surface area contributed by atoms with Crippen LogP contribution in [0.4, 0.5) is 5.82 Å². The molecule has 0 amide bonds. The molecule has 0 spiro atoms. The second-order valence-electron chi connectivity index (χ2n) is 4.86. The fourth-order valence-electron chi connectivity index (χ4n) is 2.55. The number of aromatic nitrogens is 1. The maximum atomic E-state index is 4.61. The van der Waals surface area contributed by atoms with Gasteiger partial charge in [0.2, 0.25) is 0 Å². The summed E-state index contributed by atoms with van der Waals surface area (Å²) in [6.45, 7) is 5.58. The van der Waals surface area contributed by atoms with Crippen molar-refractivity contribution in [3.05, 3.63) is 23.9 Å². The first-order chi connectivity index (χ1) is 8.26. The average Bonchev–Trinajstić information content (AvgIpc) is 2.86. The summed E-state index contributed by atoms with van der Waals surface area (Å²) in [7, 11) is 1.98. The fourth-order valence-corrected chi connectivity index (χ4v) is 2.55. The molecular formula is C14H23N3. The third kappa shape index (κ3) is 2.60. The molecule has 1 aromatic heterocycles. The van der Waals surface area contributed by atoms with Crippen molar-refractivity contribution >= 4 is 5.82 Å². The number of nitrogens with zero attached hydrogens (tertiary/aromatic N) is 2. The SMILES string of the molecule is CCC1CCCN1c1ccc(C(C)NC)cn1. The third-order valence-electron chi connectivity index (χ3n) is 3.85. The molecule has 17 heavy (non-hydrogen) atoms. The first kappa shape index (κ1) is 12.4. The average molecular weight is 233 g/mol. The maximum Gasteiger partial charge on any atom is 0.128 e. The van der Waals surface area contributed by atoms with Crippen molar-refractivity contribution in [3.63, 3.8) is 0 Å². The lowest BCUT2D eigenvalue weighted by molar-refractivity contribution is 0.635. The Kier molecular flexibility index (Phi) is 4.00. The lowest BCUT2D eigenvalue weighted by Crippen LogP contribution is -2.29. The summed E-state index contributed by atoms with van der Waals surface area (Å²) in [5.41, 5.74) is 1.25. The summed E-state index contributed by atoms with van der Waals surface area (Å²) in [4.78, 5) is 7.07. The van der Waals surface area contributed by atoms with Crippen molar-refractivity contribution in [2.75, 3.05) is 18.5 Å². The molecule has 0 bridgehead atoms. The molecule has 1 N–H and O–H groups in total. The Bertz CT molecular complexity index is 347. The van der Waals surface area contributed by atoms with Crippen molar-refractivity contribution < 1.29 is 0 Å². The molecule has 2 unspecified atom stereocenters. The monoisotopic (exact) mass is 233 g/mol. The van der Waals surface area contributed by atoms with E-state index in [1.54, 1.807) is 0 Å². The minimum atomic E-state index is 0.372. The zero-order chi connectivity index (χ0) is 12.3. The fraction of sp³-hybridized carbons (Fsp3) is 0.643. The largest absolute Gasteiger partial charge is 0.354 e. The normalized spacial score (nSPS) is 21.8. The van der Waals surface area contributed by atoms with Crippen LogP contribution < -0.4 is 10.2 Å². The van der Waals surface area contributed by atoms with E-state index in [1.807, 2.05) is 13.2 Å². The van der Waals surface area contributed by atoms with Crippen LogP contribution in [-0.4, -0.2) is 24.6 Å². The molecule has 1 fully saturated rings. The first-order valence-corrected chi connectivity index (χ1v) is 6.66. The van der Waals surface area contributed by atoms with Crippen LogP contribution in [-0.2, 0) is 0 Å². The third-order valence-corrected chi connectivity index (χ3v) is 3.85. The highest BCUT2D eigenvalue weighted by molar-refractivity contribution is 5.42. The second kappa shape index (κ2) is 5.50. The van der Waals surface area contributed by atoms with E-state index in [-0.39, 0.29) is 0 Å². The van der Waals surface area contributed by atoms with Crippen LogP contribution in [0.25, 0.3) is 0 Å². The van der Waals surface area contributed by atoms with Crippen LogP contribution in [0.3, 0.4) is 0 Å². The van der Waals surface area contributed by atoms with Crippen molar-refractivity contribution in [1.82, 2.24) is 10.3 Å². The van der Waals surface area contributed by atoms with Gasteiger partial charge in [0, 0.05) is 24.8 Å². The lowest BCUT2D eigenvalue weighted by Gasteiger charge is -2.25. The highest BCUT2D eigenvalue weighted by Crippen LogP contribution is 2.26. The topological polar surface area (TPSA) is 28.2 Å². The highest BCUT2D eigenvalue weighted by atomic mass is 15.2. The van der Waals surface area contributed by atoms with Gasteiger partial charge in [0.15, 0.2) is 0 Å². The summed E-state index contributed by atoms with van der Waals surface area (Å²) in [6.07, 6.45) is 5.83. The van der Waals surface area contributed by atoms with E-state index >= 15 is 0 Å². The quantitative estimate of drug-likeness (QED) is 0.866. The van der Waals surface area contributed by atoms with Gasteiger partial charge < -0.3 is 10.2 Å². The van der Waals surface area contributed by atoms with Crippen LogP contribution >= 0.6 is 0 Å². The number of rotatable bonds is 4.